The van der Waals surface area contributed by atoms with Crippen molar-refractivity contribution in [2.75, 3.05) is 30.3 Å². The first-order valence-corrected chi connectivity index (χ1v) is 7.00. The number of aromatic nitrogens is 2. The lowest BCUT2D eigenvalue weighted by atomic mass is 9.88. The Kier molecular flexibility index (Phi) is 6.02. The molecule has 0 aromatic carbocycles. The minimum atomic E-state index is 0.276. The lowest BCUT2D eigenvalue weighted by Gasteiger charge is -2.24. The van der Waals surface area contributed by atoms with Crippen LogP contribution in [0.25, 0.3) is 0 Å². The van der Waals surface area contributed by atoms with Crippen LogP contribution < -0.4 is 16.4 Å². The summed E-state index contributed by atoms with van der Waals surface area (Å²) in [5.41, 5.74) is 5.76. The van der Waals surface area contributed by atoms with E-state index < -0.39 is 0 Å². The summed E-state index contributed by atoms with van der Waals surface area (Å²) in [5.74, 6) is 2.46. The summed E-state index contributed by atoms with van der Waals surface area (Å²) in [5, 5.41) is 6.59. The first kappa shape index (κ1) is 15.7. The van der Waals surface area contributed by atoms with E-state index in [1.807, 2.05) is 13.0 Å². The van der Waals surface area contributed by atoms with Crippen LogP contribution in [0, 0.1) is 12.3 Å². The van der Waals surface area contributed by atoms with E-state index in [4.69, 9.17) is 5.73 Å². The van der Waals surface area contributed by atoms with Crippen molar-refractivity contribution in [3.8, 4) is 0 Å². The summed E-state index contributed by atoms with van der Waals surface area (Å²) < 4.78 is 0. The lowest BCUT2D eigenvalue weighted by molar-refractivity contribution is 0.354. The van der Waals surface area contributed by atoms with Gasteiger partial charge in [0, 0.05) is 25.7 Å². The van der Waals surface area contributed by atoms with Gasteiger partial charge in [-0.05, 0) is 18.8 Å². The van der Waals surface area contributed by atoms with Gasteiger partial charge in [0.1, 0.15) is 17.5 Å². The predicted octanol–water partition coefficient (Wildman–Crippen LogP) is 2.39. The van der Waals surface area contributed by atoms with E-state index in [-0.39, 0.29) is 5.41 Å². The van der Waals surface area contributed by atoms with Crippen molar-refractivity contribution in [2.45, 2.75) is 40.5 Å². The van der Waals surface area contributed by atoms with Gasteiger partial charge in [-0.3, -0.25) is 0 Å². The Morgan fingerprint density at radius 3 is 2.42 bits per heavy atom. The van der Waals surface area contributed by atoms with Gasteiger partial charge in [0.05, 0.1) is 0 Å². The van der Waals surface area contributed by atoms with Crippen LogP contribution in [0.1, 0.15) is 39.4 Å². The maximum atomic E-state index is 5.48. The molecule has 1 heterocycles. The first-order valence-electron chi connectivity index (χ1n) is 7.00. The molecule has 4 N–H and O–H groups in total. The van der Waals surface area contributed by atoms with Crippen molar-refractivity contribution in [1.29, 1.82) is 0 Å². The SMILES string of the molecule is CCCC(C)(C)CNc1cc(NCCN)nc(C)n1. The maximum Gasteiger partial charge on any atom is 0.131 e. The zero-order valence-corrected chi connectivity index (χ0v) is 12.6. The first-order chi connectivity index (χ1) is 8.96. The molecule has 5 nitrogen and oxygen atoms in total. The highest BCUT2D eigenvalue weighted by Crippen LogP contribution is 2.22. The van der Waals surface area contributed by atoms with Gasteiger partial charge < -0.3 is 16.4 Å². The topological polar surface area (TPSA) is 75.9 Å². The molecule has 1 aromatic rings. The van der Waals surface area contributed by atoms with Crippen LogP contribution in [0.15, 0.2) is 6.07 Å². The number of nitrogens with one attached hydrogen (secondary N) is 2. The fourth-order valence-corrected chi connectivity index (χ4v) is 2.04. The highest BCUT2D eigenvalue weighted by molar-refractivity contribution is 5.47. The van der Waals surface area contributed by atoms with Gasteiger partial charge in [0.2, 0.25) is 0 Å². The van der Waals surface area contributed by atoms with Crippen LogP contribution in [0.2, 0.25) is 0 Å². The molecule has 1 rings (SSSR count). The zero-order chi connectivity index (χ0) is 14.3. The van der Waals surface area contributed by atoms with E-state index in [1.165, 1.54) is 12.8 Å². The number of hydrogen-bond donors (Lipinski definition) is 3. The van der Waals surface area contributed by atoms with E-state index in [2.05, 4.69) is 41.4 Å². The van der Waals surface area contributed by atoms with Crippen molar-refractivity contribution in [3.05, 3.63) is 11.9 Å². The number of aryl methyl sites for hydroxylation is 1. The van der Waals surface area contributed by atoms with Gasteiger partial charge >= 0.3 is 0 Å². The number of rotatable bonds is 8. The van der Waals surface area contributed by atoms with Crippen molar-refractivity contribution in [1.82, 2.24) is 9.97 Å². The summed E-state index contributed by atoms with van der Waals surface area (Å²) in [7, 11) is 0. The van der Waals surface area contributed by atoms with E-state index in [0.717, 1.165) is 30.5 Å². The summed E-state index contributed by atoms with van der Waals surface area (Å²) in [6.45, 7) is 10.9. The minimum Gasteiger partial charge on any atom is -0.369 e. The molecule has 19 heavy (non-hydrogen) atoms. The van der Waals surface area contributed by atoms with Crippen LogP contribution in [0.5, 0.6) is 0 Å². The highest BCUT2D eigenvalue weighted by atomic mass is 15.1. The molecule has 0 spiro atoms. The molecule has 0 saturated heterocycles. The molecule has 1 aromatic heterocycles. The van der Waals surface area contributed by atoms with Gasteiger partial charge in [-0.1, -0.05) is 27.2 Å². The molecule has 0 saturated carbocycles. The van der Waals surface area contributed by atoms with Crippen LogP contribution in [0.4, 0.5) is 11.6 Å². The fourth-order valence-electron chi connectivity index (χ4n) is 2.04. The van der Waals surface area contributed by atoms with Crippen molar-refractivity contribution in [3.63, 3.8) is 0 Å². The van der Waals surface area contributed by atoms with Crippen molar-refractivity contribution >= 4 is 11.6 Å². The molecule has 0 aliphatic carbocycles. The Hall–Kier alpha value is -1.36. The molecule has 0 atom stereocenters. The number of anilines is 2. The Labute approximate surface area is 116 Å². The Morgan fingerprint density at radius 2 is 1.84 bits per heavy atom. The third-order valence-electron chi connectivity index (χ3n) is 2.96. The second kappa shape index (κ2) is 7.28. The Bertz CT molecular complexity index is 389. The van der Waals surface area contributed by atoms with Crippen LogP contribution in [-0.2, 0) is 0 Å². The molecule has 0 unspecified atom stereocenters. The second-order valence-corrected chi connectivity index (χ2v) is 5.67. The number of nitrogens with two attached hydrogens (primary N) is 1. The standard InChI is InChI=1S/C14H27N5/c1-5-6-14(3,4)10-17-13-9-12(16-8-7-15)18-11(2)19-13/h9H,5-8,10,15H2,1-4H3,(H2,16,17,18,19). The molecule has 0 aliphatic rings. The van der Waals surface area contributed by atoms with Gasteiger partial charge in [0.15, 0.2) is 0 Å². The Balaban J connectivity index is 2.65. The van der Waals surface area contributed by atoms with E-state index >= 15 is 0 Å². The van der Waals surface area contributed by atoms with E-state index in [1.54, 1.807) is 0 Å². The number of nitrogens with zero attached hydrogens (tertiary/aromatic N) is 2. The second-order valence-electron chi connectivity index (χ2n) is 5.67. The molecule has 0 amide bonds. The van der Waals surface area contributed by atoms with E-state index in [9.17, 15) is 0 Å². The average molecular weight is 265 g/mol. The Morgan fingerprint density at radius 1 is 1.21 bits per heavy atom. The van der Waals surface area contributed by atoms with Crippen LogP contribution in [-0.4, -0.2) is 29.6 Å². The molecule has 0 bridgehead atoms. The molecule has 0 radical (unpaired) electrons. The smallest absolute Gasteiger partial charge is 0.131 e. The average Bonchev–Trinajstić information content (AvgIpc) is 2.33. The van der Waals surface area contributed by atoms with E-state index in [0.29, 0.717) is 6.54 Å². The van der Waals surface area contributed by atoms with Crippen molar-refractivity contribution < 1.29 is 0 Å². The molecule has 5 heteroatoms. The van der Waals surface area contributed by atoms with Crippen LogP contribution >= 0.6 is 0 Å². The normalized spacial score (nSPS) is 11.4. The van der Waals surface area contributed by atoms with Crippen LogP contribution in [0.3, 0.4) is 0 Å². The molecule has 0 fully saturated rings. The molecular formula is C14H27N5. The third-order valence-corrected chi connectivity index (χ3v) is 2.96. The van der Waals surface area contributed by atoms with Gasteiger partial charge in [0.25, 0.3) is 0 Å². The summed E-state index contributed by atoms with van der Waals surface area (Å²) in [6.07, 6.45) is 2.39. The monoisotopic (exact) mass is 265 g/mol. The van der Waals surface area contributed by atoms with Crippen molar-refractivity contribution in [2.24, 2.45) is 11.1 Å². The molecule has 108 valence electrons. The minimum absolute atomic E-state index is 0.276. The number of hydrogen-bond acceptors (Lipinski definition) is 5. The molecule has 0 aliphatic heterocycles. The largest absolute Gasteiger partial charge is 0.369 e. The molecular weight excluding hydrogens is 238 g/mol. The highest BCUT2D eigenvalue weighted by Gasteiger charge is 2.16. The predicted molar refractivity (Wildman–Crippen MR) is 81.5 cm³/mol. The maximum absolute atomic E-state index is 5.48. The third kappa shape index (κ3) is 5.87. The summed E-state index contributed by atoms with van der Waals surface area (Å²) in [4.78, 5) is 8.75. The quantitative estimate of drug-likeness (QED) is 0.673. The van der Waals surface area contributed by atoms with Gasteiger partial charge in [-0.25, -0.2) is 9.97 Å². The van der Waals surface area contributed by atoms with Gasteiger partial charge in [-0.2, -0.15) is 0 Å². The summed E-state index contributed by atoms with van der Waals surface area (Å²) >= 11 is 0. The summed E-state index contributed by atoms with van der Waals surface area (Å²) in [6, 6.07) is 1.94. The lowest BCUT2D eigenvalue weighted by Crippen LogP contribution is -2.23. The zero-order valence-electron chi connectivity index (χ0n) is 12.6. The fraction of sp³-hybridized carbons (Fsp3) is 0.714. The van der Waals surface area contributed by atoms with Gasteiger partial charge in [-0.15, -0.1) is 0 Å².